The molecule has 0 aliphatic carbocycles. The summed E-state index contributed by atoms with van der Waals surface area (Å²) in [4.78, 5) is 24.8. The van der Waals surface area contributed by atoms with E-state index in [9.17, 15) is 35.1 Å². The first-order chi connectivity index (χ1) is 9.52. The Hall–Kier alpha value is -1.59. The average molecular weight is 305 g/mol. The number of hydrogen-bond donors (Lipinski definition) is 5. The maximum absolute atomic E-state index is 11.5. The SMILES string of the molecule is CC(=O)C(O)[C@H]1OC(O)(C(C)=O)[C@@](O)(N=[N+]=[N-])[C@@H](O)[C@@H]1O. The Morgan fingerprint density at radius 3 is 2.24 bits per heavy atom. The Labute approximate surface area is 118 Å². The molecule has 11 heteroatoms. The van der Waals surface area contributed by atoms with E-state index in [-0.39, 0.29) is 0 Å². The number of ketones is 2. The van der Waals surface area contributed by atoms with E-state index in [0.29, 0.717) is 0 Å². The third-order valence-electron chi connectivity index (χ3n) is 3.28. The number of ether oxygens (including phenoxy) is 1. The number of carbonyl (C=O) groups is 2. The van der Waals surface area contributed by atoms with Gasteiger partial charge in [0, 0.05) is 11.8 Å². The van der Waals surface area contributed by atoms with E-state index in [0.717, 1.165) is 13.8 Å². The van der Waals surface area contributed by atoms with Crippen LogP contribution in [0.15, 0.2) is 5.11 Å². The van der Waals surface area contributed by atoms with Crippen LogP contribution in [0, 0.1) is 0 Å². The van der Waals surface area contributed by atoms with Gasteiger partial charge in [-0.1, -0.05) is 5.11 Å². The lowest BCUT2D eigenvalue weighted by Gasteiger charge is -2.50. The summed E-state index contributed by atoms with van der Waals surface area (Å²) in [5.41, 5.74) is 5.15. The lowest BCUT2D eigenvalue weighted by Crippen LogP contribution is -2.75. The van der Waals surface area contributed by atoms with Gasteiger partial charge in [-0.3, -0.25) is 9.59 Å². The number of azide groups is 1. The molecular formula is C10H15N3O8. The number of carbonyl (C=O) groups excluding carboxylic acids is 2. The molecule has 0 aromatic carbocycles. The summed E-state index contributed by atoms with van der Waals surface area (Å²) in [5.74, 6) is -5.41. The Bertz CT molecular complexity index is 505. The minimum Gasteiger partial charge on any atom is -0.387 e. The minimum atomic E-state index is -3.25. The fraction of sp³-hybridized carbons (Fsp3) is 0.800. The van der Waals surface area contributed by atoms with Crippen molar-refractivity contribution in [1.82, 2.24) is 0 Å². The topological polar surface area (TPSA) is 193 Å². The van der Waals surface area contributed by atoms with E-state index in [1.54, 1.807) is 0 Å². The molecule has 1 rings (SSSR count). The van der Waals surface area contributed by atoms with Crippen LogP contribution < -0.4 is 0 Å². The van der Waals surface area contributed by atoms with Crippen LogP contribution >= 0.6 is 0 Å². The maximum Gasteiger partial charge on any atom is 0.265 e. The molecule has 5 N–H and O–H groups in total. The summed E-state index contributed by atoms with van der Waals surface area (Å²) in [7, 11) is 0. The van der Waals surface area contributed by atoms with E-state index in [4.69, 9.17) is 10.3 Å². The second-order valence-corrected chi connectivity index (χ2v) is 4.69. The molecule has 0 aromatic rings. The average Bonchev–Trinajstić information content (AvgIpc) is 2.40. The standard InChI is InChI=1S/C10H15N3O8/c1-3(14)5(16)7-6(17)8(18)9(19,12-13-11)10(20,21-7)4(2)15/h5-8,16-20H,1-2H3/t5?,6-,7-,8+,9-,10?/m1/s1. The molecule has 0 spiro atoms. The Morgan fingerprint density at radius 2 is 1.86 bits per heavy atom. The van der Waals surface area contributed by atoms with E-state index >= 15 is 0 Å². The second kappa shape index (κ2) is 5.66. The van der Waals surface area contributed by atoms with Crippen LogP contribution in [0.2, 0.25) is 0 Å². The fourth-order valence-electron chi connectivity index (χ4n) is 1.99. The highest BCUT2D eigenvalue weighted by molar-refractivity contribution is 5.85. The van der Waals surface area contributed by atoms with Gasteiger partial charge in [-0.25, -0.2) is 0 Å². The molecule has 1 aliphatic heterocycles. The van der Waals surface area contributed by atoms with Crippen molar-refractivity contribution in [3.05, 3.63) is 10.4 Å². The highest BCUT2D eigenvalue weighted by atomic mass is 16.7. The van der Waals surface area contributed by atoms with E-state index < -0.39 is 47.5 Å². The zero-order valence-corrected chi connectivity index (χ0v) is 11.1. The lowest BCUT2D eigenvalue weighted by molar-refractivity contribution is -0.371. The molecule has 0 bridgehead atoms. The van der Waals surface area contributed by atoms with Crippen molar-refractivity contribution < 1.29 is 39.9 Å². The van der Waals surface area contributed by atoms with Crippen LogP contribution in [0.4, 0.5) is 0 Å². The summed E-state index contributed by atoms with van der Waals surface area (Å²) in [6.07, 6.45) is -8.41. The molecule has 118 valence electrons. The zero-order chi connectivity index (χ0) is 16.6. The van der Waals surface area contributed by atoms with Crippen molar-refractivity contribution in [2.75, 3.05) is 0 Å². The molecule has 6 atom stereocenters. The smallest absolute Gasteiger partial charge is 0.265 e. The molecular weight excluding hydrogens is 290 g/mol. The number of Topliss-reactive ketones (excluding diaryl/α,β-unsaturated/α-hetero) is 2. The highest BCUT2D eigenvalue weighted by Crippen LogP contribution is 2.39. The number of hydrogen-bond acceptors (Lipinski definition) is 9. The lowest BCUT2D eigenvalue weighted by atomic mass is 9.83. The van der Waals surface area contributed by atoms with E-state index in [1.165, 1.54) is 0 Å². The molecule has 11 nitrogen and oxygen atoms in total. The molecule has 0 saturated carbocycles. The Kier molecular flexibility index (Phi) is 4.70. The summed E-state index contributed by atoms with van der Waals surface area (Å²) in [6, 6.07) is 0. The summed E-state index contributed by atoms with van der Waals surface area (Å²) in [5, 5.41) is 52.1. The first-order valence-corrected chi connectivity index (χ1v) is 5.77. The van der Waals surface area contributed by atoms with Gasteiger partial charge in [0.15, 0.2) is 11.6 Å². The largest absolute Gasteiger partial charge is 0.387 e. The second-order valence-electron chi connectivity index (χ2n) is 4.69. The van der Waals surface area contributed by atoms with Crippen LogP contribution in [-0.2, 0) is 14.3 Å². The third-order valence-corrected chi connectivity index (χ3v) is 3.28. The zero-order valence-electron chi connectivity index (χ0n) is 11.1. The normalized spacial score (nSPS) is 41.0. The van der Waals surface area contributed by atoms with Crippen LogP contribution in [0.5, 0.6) is 0 Å². The van der Waals surface area contributed by atoms with Gasteiger partial charge in [0.25, 0.3) is 5.79 Å². The molecule has 0 aromatic heterocycles. The van der Waals surface area contributed by atoms with Crippen molar-refractivity contribution in [3.8, 4) is 0 Å². The quantitative estimate of drug-likeness (QED) is 0.211. The fourth-order valence-corrected chi connectivity index (χ4v) is 1.99. The molecule has 1 fully saturated rings. The molecule has 1 heterocycles. The summed E-state index contributed by atoms with van der Waals surface area (Å²) in [6.45, 7) is 1.69. The molecule has 1 aliphatic rings. The van der Waals surface area contributed by atoms with Crippen LogP contribution in [0.3, 0.4) is 0 Å². The van der Waals surface area contributed by atoms with Gasteiger partial charge in [0.1, 0.15) is 24.4 Å². The van der Waals surface area contributed by atoms with E-state index in [1.807, 2.05) is 0 Å². The van der Waals surface area contributed by atoms with Crippen LogP contribution in [0.1, 0.15) is 13.8 Å². The van der Waals surface area contributed by atoms with Crippen molar-refractivity contribution in [2.45, 2.75) is 49.8 Å². The van der Waals surface area contributed by atoms with Gasteiger partial charge < -0.3 is 30.3 Å². The molecule has 0 amide bonds. The van der Waals surface area contributed by atoms with Crippen molar-refractivity contribution in [1.29, 1.82) is 0 Å². The number of aliphatic hydroxyl groups excluding tert-OH is 3. The first-order valence-electron chi connectivity index (χ1n) is 5.77. The molecule has 2 unspecified atom stereocenters. The van der Waals surface area contributed by atoms with Crippen LogP contribution in [0.25, 0.3) is 10.4 Å². The third kappa shape index (κ3) is 2.51. The molecule has 1 saturated heterocycles. The van der Waals surface area contributed by atoms with Crippen molar-refractivity contribution in [3.63, 3.8) is 0 Å². The number of nitrogens with zero attached hydrogens (tertiary/aromatic N) is 3. The monoisotopic (exact) mass is 305 g/mol. The number of aliphatic hydroxyl groups is 5. The Morgan fingerprint density at radius 1 is 1.33 bits per heavy atom. The van der Waals surface area contributed by atoms with Crippen molar-refractivity contribution >= 4 is 11.6 Å². The van der Waals surface area contributed by atoms with E-state index in [2.05, 4.69) is 10.0 Å². The van der Waals surface area contributed by atoms with Gasteiger partial charge >= 0.3 is 0 Å². The van der Waals surface area contributed by atoms with Gasteiger partial charge in [-0.05, 0) is 12.5 Å². The van der Waals surface area contributed by atoms with Crippen molar-refractivity contribution in [2.24, 2.45) is 5.11 Å². The number of rotatable bonds is 4. The predicted molar refractivity (Wildman–Crippen MR) is 63.3 cm³/mol. The molecule has 0 radical (unpaired) electrons. The van der Waals surface area contributed by atoms with Gasteiger partial charge in [0.05, 0.1) is 0 Å². The first kappa shape index (κ1) is 17.5. The Balaban J connectivity index is 3.41. The van der Waals surface area contributed by atoms with Gasteiger partial charge in [0.2, 0.25) is 5.72 Å². The molecule has 21 heavy (non-hydrogen) atoms. The summed E-state index contributed by atoms with van der Waals surface area (Å²) < 4.78 is 4.72. The van der Waals surface area contributed by atoms with Gasteiger partial charge in [-0.15, -0.1) is 0 Å². The summed E-state index contributed by atoms with van der Waals surface area (Å²) >= 11 is 0. The van der Waals surface area contributed by atoms with Gasteiger partial charge in [-0.2, -0.15) is 0 Å². The van der Waals surface area contributed by atoms with Crippen LogP contribution in [-0.4, -0.2) is 73.0 Å². The highest BCUT2D eigenvalue weighted by Gasteiger charge is 2.67. The minimum absolute atomic E-state index is 0.749. The predicted octanol–water partition coefficient (Wildman–Crippen LogP) is -2.67. The maximum atomic E-state index is 11.5.